The molecule has 0 bridgehead atoms. The lowest BCUT2D eigenvalue weighted by molar-refractivity contribution is -0.119. The first-order valence-corrected chi connectivity index (χ1v) is 9.55. The smallest absolute Gasteiger partial charge is 0.243 e. The Labute approximate surface area is 138 Å². The molecule has 6 heteroatoms. The van der Waals surface area contributed by atoms with Crippen LogP contribution >= 0.6 is 0 Å². The van der Waals surface area contributed by atoms with Crippen molar-refractivity contribution < 1.29 is 13.2 Å². The lowest BCUT2D eigenvalue weighted by Gasteiger charge is -2.30. The predicted molar refractivity (Wildman–Crippen MR) is 90.0 cm³/mol. The van der Waals surface area contributed by atoms with Crippen molar-refractivity contribution >= 4 is 21.6 Å². The molecule has 0 radical (unpaired) electrons. The van der Waals surface area contributed by atoms with Crippen molar-refractivity contribution in [1.29, 1.82) is 0 Å². The van der Waals surface area contributed by atoms with Crippen LogP contribution in [-0.4, -0.2) is 31.7 Å². The third-order valence-electron chi connectivity index (χ3n) is 5.05. The first-order valence-electron chi connectivity index (χ1n) is 8.11. The van der Waals surface area contributed by atoms with E-state index in [1.165, 1.54) is 0 Å². The molecule has 2 aliphatic rings. The summed E-state index contributed by atoms with van der Waals surface area (Å²) in [5.74, 6) is 0.297. The number of hydrogen-bond acceptors (Lipinski definition) is 3. The molecule has 1 N–H and O–H groups in total. The summed E-state index contributed by atoms with van der Waals surface area (Å²) in [4.78, 5) is 12.4. The molecular formula is C17H24N2O3S. The van der Waals surface area contributed by atoms with Crippen molar-refractivity contribution in [2.24, 2.45) is 5.92 Å². The van der Waals surface area contributed by atoms with E-state index in [2.05, 4.69) is 12.2 Å². The summed E-state index contributed by atoms with van der Waals surface area (Å²) in [7, 11) is -3.51. The second kappa shape index (κ2) is 5.31. The minimum absolute atomic E-state index is 0.0863. The average Bonchev–Trinajstić information content (AvgIpc) is 2.70. The SMILES string of the molecule is Cc1cc(S(=O)(=O)N2CCC[C@@H](C)C2)cc2c1NC(=O)C2(C)C. The van der Waals surface area contributed by atoms with Crippen molar-refractivity contribution in [2.45, 2.75) is 50.8 Å². The number of anilines is 1. The maximum atomic E-state index is 13.0. The van der Waals surface area contributed by atoms with Crippen LogP contribution in [0.5, 0.6) is 0 Å². The van der Waals surface area contributed by atoms with Crippen LogP contribution in [0.25, 0.3) is 0 Å². The van der Waals surface area contributed by atoms with E-state index in [0.29, 0.717) is 23.9 Å². The molecule has 1 atom stereocenters. The van der Waals surface area contributed by atoms with Gasteiger partial charge in [-0.25, -0.2) is 8.42 Å². The molecule has 3 rings (SSSR count). The topological polar surface area (TPSA) is 66.5 Å². The lowest BCUT2D eigenvalue weighted by atomic mass is 9.85. The Morgan fingerprint density at radius 2 is 2.00 bits per heavy atom. The van der Waals surface area contributed by atoms with Crippen molar-refractivity contribution in [2.75, 3.05) is 18.4 Å². The van der Waals surface area contributed by atoms with Crippen LogP contribution in [0.15, 0.2) is 17.0 Å². The average molecular weight is 336 g/mol. The highest BCUT2D eigenvalue weighted by molar-refractivity contribution is 7.89. The van der Waals surface area contributed by atoms with Gasteiger partial charge in [-0.15, -0.1) is 0 Å². The lowest BCUT2D eigenvalue weighted by Crippen LogP contribution is -2.39. The number of rotatable bonds is 2. The summed E-state index contributed by atoms with van der Waals surface area (Å²) in [5, 5.41) is 2.87. The molecule has 2 aliphatic heterocycles. The number of amides is 1. The summed E-state index contributed by atoms with van der Waals surface area (Å²) in [6, 6.07) is 3.35. The van der Waals surface area contributed by atoms with E-state index in [1.807, 2.05) is 20.8 Å². The van der Waals surface area contributed by atoms with Gasteiger partial charge in [0.15, 0.2) is 0 Å². The number of nitrogens with one attached hydrogen (secondary N) is 1. The number of aryl methyl sites for hydroxylation is 1. The minimum Gasteiger partial charge on any atom is -0.325 e. The standard InChI is InChI=1S/C17H24N2O3S/c1-11-6-5-7-19(10-11)23(21,22)13-8-12(2)15-14(9-13)17(3,4)16(20)18-15/h8-9,11H,5-7,10H2,1-4H3,(H,18,20)/t11-/m1/s1. The van der Waals surface area contributed by atoms with Gasteiger partial charge in [0.25, 0.3) is 0 Å². The Kier molecular flexibility index (Phi) is 3.80. The zero-order valence-electron chi connectivity index (χ0n) is 14.1. The Morgan fingerprint density at radius 1 is 1.30 bits per heavy atom. The summed E-state index contributed by atoms with van der Waals surface area (Å²) in [6.07, 6.45) is 1.97. The molecule has 0 unspecified atom stereocenters. The maximum Gasteiger partial charge on any atom is 0.243 e. The zero-order chi connectivity index (χ0) is 17.0. The Balaban J connectivity index is 2.07. The molecule has 1 aromatic rings. The molecule has 126 valence electrons. The fourth-order valence-electron chi connectivity index (χ4n) is 3.47. The van der Waals surface area contributed by atoms with Gasteiger partial charge < -0.3 is 5.32 Å². The Bertz CT molecular complexity index is 768. The molecule has 1 fully saturated rings. The largest absolute Gasteiger partial charge is 0.325 e. The number of carbonyl (C=O) groups is 1. The van der Waals surface area contributed by atoms with Crippen LogP contribution in [-0.2, 0) is 20.2 Å². The van der Waals surface area contributed by atoms with Crippen LogP contribution in [0.3, 0.4) is 0 Å². The number of piperidine rings is 1. The second-order valence-electron chi connectivity index (χ2n) is 7.35. The van der Waals surface area contributed by atoms with Gasteiger partial charge in [0.1, 0.15) is 0 Å². The fraction of sp³-hybridized carbons (Fsp3) is 0.588. The molecule has 2 heterocycles. The van der Waals surface area contributed by atoms with E-state index in [1.54, 1.807) is 16.4 Å². The van der Waals surface area contributed by atoms with Gasteiger partial charge in [-0.1, -0.05) is 6.92 Å². The molecule has 0 spiro atoms. The Morgan fingerprint density at radius 3 is 2.65 bits per heavy atom. The number of hydrogen-bond donors (Lipinski definition) is 1. The van der Waals surface area contributed by atoms with Crippen LogP contribution in [0, 0.1) is 12.8 Å². The quantitative estimate of drug-likeness (QED) is 0.903. The number of carbonyl (C=O) groups excluding carboxylic acids is 1. The minimum atomic E-state index is -3.51. The van der Waals surface area contributed by atoms with Crippen LogP contribution in [0.1, 0.15) is 44.7 Å². The van der Waals surface area contributed by atoms with E-state index in [-0.39, 0.29) is 5.91 Å². The molecule has 0 aliphatic carbocycles. The van der Waals surface area contributed by atoms with E-state index >= 15 is 0 Å². The molecule has 23 heavy (non-hydrogen) atoms. The van der Waals surface area contributed by atoms with Gasteiger partial charge >= 0.3 is 0 Å². The van der Waals surface area contributed by atoms with Gasteiger partial charge in [-0.05, 0) is 62.8 Å². The van der Waals surface area contributed by atoms with E-state index in [0.717, 1.165) is 29.7 Å². The van der Waals surface area contributed by atoms with Gasteiger partial charge in [0.2, 0.25) is 15.9 Å². The van der Waals surface area contributed by atoms with E-state index in [4.69, 9.17) is 0 Å². The van der Waals surface area contributed by atoms with Gasteiger partial charge in [0.05, 0.1) is 10.3 Å². The monoisotopic (exact) mass is 336 g/mol. The number of nitrogens with zero attached hydrogens (tertiary/aromatic N) is 1. The van der Waals surface area contributed by atoms with Crippen molar-refractivity contribution in [3.63, 3.8) is 0 Å². The van der Waals surface area contributed by atoms with Gasteiger partial charge in [0, 0.05) is 18.8 Å². The summed E-state index contributed by atoms with van der Waals surface area (Å²) in [5.41, 5.74) is 1.61. The molecule has 5 nitrogen and oxygen atoms in total. The predicted octanol–water partition coefficient (Wildman–Crippen LogP) is 2.65. The number of fused-ring (bicyclic) bond motifs is 1. The molecule has 0 aromatic heterocycles. The van der Waals surface area contributed by atoms with E-state index in [9.17, 15) is 13.2 Å². The molecule has 1 aromatic carbocycles. The first kappa shape index (κ1) is 16.5. The summed E-state index contributed by atoms with van der Waals surface area (Å²) < 4.78 is 27.6. The van der Waals surface area contributed by atoms with Crippen LogP contribution in [0.4, 0.5) is 5.69 Å². The first-order chi connectivity index (χ1) is 10.6. The zero-order valence-corrected chi connectivity index (χ0v) is 15.0. The molecule has 0 saturated carbocycles. The summed E-state index contributed by atoms with van der Waals surface area (Å²) in [6.45, 7) is 8.72. The highest BCUT2D eigenvalue weighted by Crippen LogP contribution is 2.41. The number of sulfonamides is 1. The summed E-state index contributed by atoms with van der Waals surface area (Å²) >= 11 is 0. The molecular weight excluding hydrogens is 312 g/mol. The maximum absolute atomic E-state index is 13.0. The van der Waals surface area contributed by atoms with E-state index < -0.39 is 15.4 Å². The highest BCUT2D eigenvalue weighted by atomic mass is 32.2. The van der Waals surface area contributed by atoms with Crippen molar-refractivity contribution in [3.05, 3.63) is 23.3 Å². The molecule has 1 saturated heterocycles. The van der Waals surface area contributed by atoms with Crippen LogP contribution < -0.4 is 5.32 Å². The van der Waals surface area contributed by atoms with Crippen molar-refractivity contribution in [3.8, 4) is 0 Å². The fourth-order valence-corrected chi connectivity index (χ4v) is 5.18. The highest BCUT2D eigenvalue weighted by Gasteiger charge is 2.40. The van der Waals surface area contributed by atoms with Crippen LogP contribution in [0.2, 0.25) is 0 Å². The number of benzene rings is 1. The van der Waals surface area contributed by atoms with Gasteiger partial charge in [-0.2, -0.15) is 4.31 Å². The third kappa shape index (κ3) is 2.58. The normalized spacial score (nSPS) is 24.3. The van der Waals surface area contributed by atoms with Crippen molar-refractivity contribution in [1.82, 2.24) is 4.31 Å². The molecule has 1 amide bonds. The third-order valence-corrected chi connectivity index (χ3v) is 6.89. The van der Waals surface area contributed by atoms with Gasteiger partial charge in [-0.3, -0.25) is 4.79 Å². The Hall–Kier alpha value is -1.40. The second-order valence-corrected chi connectivity index (χ2v) is 9.29.